The molecule has 0 heterocycles. The molecule has 0 aliphatic carbocycles. The predicted octanol–water partition coefficient (Wildman–Crippen LogP) is 3.52. The Hall–Kier alpha value is -1.85. The average Bonchev–Trinajstić information content (AvgIpc) is 2.63. The third kappa shape index (κ3) is 10.3. The van der Waals surface area contributed by atoms with Crippen LogP contribution in [0.3, 0.4) is 0 Å². The number of amides is 1. The second-order valence-electron chi connectivity index (χ2n) is 7.18. The molecule has 1 amide bonds. The number of hydrogen-bond donors (Lipinski definition) is 3. The number of carbonyl (C=O) groups excluding carboxylic acids is 1. The third-order valence-electron chi connectivity index (χ3n) is 3.70. The van der Waals surface area contributed by atoms with Crippen molar-refractivity contribution in [2.45, 2.75) is 47.8 Å². The van der Waals surface area contributed by atoms with Crippen molar-refractivity contribution in [1.29, 1.82) is 0 Å². The van der Waals surface area contributed by atoms with E-state index in [9.17, 15) is 13.6 Å². The Kier molecular flexibility index (Phi) is 13.3. The van der Waals surface area contributed by atoms with Crippen LogP contribution in [0.15, 0.2) is 23.2 Å². The van der Waals surface area contributed by atoms with Gasteiger partial charge in [0.2, 0.25) is 5.91 Å². The standard InChI is InChI=1S/C20H32F2N4O3.HI/c1-6-23-19(25-12-11-24-17(27)20(3,4)5)26-13-14-9-8-10-15(28-7-2)16(14)29-18(21)22;/h8-10,18H,6-7,11-13H2,1-5H3,(H,24,27)(H2,23,25,26);1H. The number of ether oxygens (including phenoxy) is 2. The van der Waals surface area contributed by atoms with Gasteiger partial charge in [0.25, 0.3) is 0 Å². The molecule has 10 heteroatoms. The highest BCUT2D eigenvalue weighted by molar-refractivity contribution is 14.0. The number of alkyl halides is 2. The summed E-state index contributed by atoms with van der Waals surface area (Å²) < 4.78 is 35.7. The molecule has 0 saturated heterocycles. The van der Waals surface area contributed by atoms with Gasteiger partial charge in [-0.2, -0.15) is 8.78 Å². The SMILES string of the molecule is CCNC(=NCc1cccc(OCC)c1OC(F)F)NCCNC(=O)C(C)(C)C.I. The quantitative estimate of drug-likeness (QED) is 0.183. The van der Waals surface area contributed by atoms with Crippen LogP contribution in [-0.2, 0) is 11.3 Å². The molecular weight excluding hydrogens is 509 g/mol. The van der Waals surface area contributed by atoms with Gasteiger partial charge in [0.05, 0.1) is 13.2 Å². The summed E-state index contributed by atoms with van der Waals surface area (Å²) in [7, 11) is 0. The van der Waals surface area contributed by atoms with Gasteiger partial charge in [0.1, 0.15) is 0 Å². The number of rotatable bonds is 10. The normalized spacial score (nSPS) is 11.5. The van der Waals surface area contributed by atoms with E-state index >= 15 is 0 Å². The molecule has 1 aromatic carbocycles. The lowest BCUT2D eigenvalue weighted by Crippen LogP contribution is -2.43. The number of guanidine groups is 1. The Labute approximate surface area is 194 Å². The minimum absolute atomic E-state index is 0. The molecule has 0 aliphatic heterocycles. The molecule has 0 aliphatic rings. The summed E-state index contributed by atoms with van der Waals surface area (Å²) in [6.07, 6.45) is 0. The summed E-state index contributed by atoms with van der Waals surface area (Å²) in [5.41, 5.74) is 0.0279. The maximum absolute atomic E-state index is 12.8. The second kappa shape index (κ2) is 14.2. The van der Waals surface area contributed by atoms with Gasteiger partial charge in [-0.05, 0) is 19.9 Å². The van der Waals surface area contributed by atoms with Gasteiger partial charge in [-0.1, -0.05) is 32.9 Å². The Balaban J connectivity index is 0.00000841. The Morgan fingerprint density at radius 3 is 2.37 bits per heavy atom. The summed E-state index contributed by atoms with van der Waals surface area (Å²) in [5, 5.41) is 9.02. The van der Waals surface area contributed by atoms with Crippen molar-refractivity contribution in [3.05, 3.63) is 23.8 Å². The molecule has 172 valence electrons. The Morgan fingerprint density at radius 1 is 1.13 bits per heavy atom. The van der Waals surface area contributed by atoms with Crippen LogP contribution < -0.4 is 25.4 Å². The highest BCUT2D eigenvalue weighted by Gasteiger charge is 2.20. The minimum atomic E-state index is -2.96. The Morgan fingerprint density at radius 2 is 1.80 bits per heavy atom. The number of benzene rings is 1. The molecule has 0 aromatic heterocycles. The lowest BCUT2D eigenvalue weighted by molar-refractivity contribution is -0.128. The van der Waals surface area contributed by atoms with Gasteiger partial charge in [0.15, 0.2) is 17.5 Å². The molecule has 0 fully saturated rings. The van der Waals surface area contributed by atoms with Crippen LogP contribution in [0.5, 0.6) is 11.5 Å². The van der Waals surface area contributed by atoms with Crippen molar-refractivity contribution in [2.75, 3.05) is 26.2 Å². The molecule has 0 spiro atoms. The van der Waals surface area contributed by atoms with Crippen LogP contribution in [0.4, 0.5) is 8.78 Å². The zero-order valence-corrected chi connectivity index (χ0v) is 20.5. The van der Waals surface area contributed by atoms with Crippen LogP contribution in [0, 0.1) is 5.41 Å². The monoisotopic (exact) mass is 542 g/mol. The third-order valence-corrected chi connectivity index (χ3v) is 3.70. The first-order valence-electron chi connectivity index (χ1n) is 9.69. The average molecular weight is 542 g/mol. The smallest absolute Gasteiger partial charge is 0.387 e. The zero-order valence-electron chi connectivity index (χ0n) is 18.2. The number of hydrogen-bond acceptors (Lipinski definition) is 4. The summed E-state index contributed by atoms with van der Waals surface area (Å²) in [5.74, 6) is 0.704. The lowest BCUT2D eigenvalue weighted by Gasteiger charge is -2.18. The number of para-hydroxylation sites is 1. The summed E-state index contributed by atoms with van der Waals surface area (Å²) in [4.78, 5) is 16.3. The second-order valence-corrected chi connectivity index (χ2v) is 7.18. The van der Waals surface area contributed by atoms with Gasteiger partial charge in [-0.3, -0.25) is 4.79 Å². The van der Waals surface area contributed by atoms with E-state index in [0.717, 1.165) is 0 Å². The van der Waals surface area contributed by atoms with Gasteiger partial charge in [0, 0.05) is 30.6 Å². The molecule has 7 nitrogen and oxygen atoms in total. The molecule has 1 aromatic rings. The molecule has 1 rings (SSSR count). The molecule has 0 radical (unpaired) electrons. The van der Waals surface area contributed by atoms with Crippen LogP contribution >= 0.6 is 24.0 Å². The molecule has 30 heavy (non-hydrogen) atoms. The largest absolute Gasteiger partial charge is 0.490 e. The van der Waals surface area contributed by atoms with Crippen molar-refractivity contribution < 1.29 is 23.0 Å². The van der Waals surface area contributed by atoms with E-state index in [1.54, 1.807) is 25.1 Å². The fourth-order valence-electron chi connectivity index (χ4n) is 2.31. The van der Waals surface area contributed by atoms with Crippen LogP contribution in [-0.4, -0.2) is 44.7 Å². The molecule has 3 N–H and O–H groups in total. The molecule has 0 bridgehead atoms. The van der Waals surface area contributed by atoms with Crippen LogP contribution in [0.1, 0.15) is 40.2 Å². The van der Waals surface area contributed by atoms with Gasteiger partial charge in [-0.25, -0.2) is 4.99 Å². The predicted molar refractivity (Wildman–Crippen MR) is 125 cm³/mol. The highest BCUT2D eigenvalue weighted by atomic mass is 127. The fraction of sp³-hybridized carbons (Fsp3) is 0.600. The van der Waals surface area contributed by atoms with Crippen LogP contribution in [0.2, 0.25) is 0 Å². The van der Waals surface area contributed by atoms with Gasteiger partial charge in [-0.15, -0.1) is 24.0 Å². The molecular formula is C20H33F2IN4O3. The number of nitrogens with zero attached hydrogens (tertiary/aromatic N) is 1. The fourth-order valence-corrected chi connectivity index (χ4v) is 2.31. The van der Waals surface area contributed by atoms with E-state index in [1.165, 1.54) is 0 Å². The van der Waals surface area contributed by atoms with E-state index in [4.69, 9.17) is 4.74 Å². The maximum Gasteiger partial charge on any atom is 0.387 e. The van der Waals surface area contributed by atoms with E-state index in [1.807, 2.05) is 27.7 Å². The number of halogens is 3. The van der Waals surface area contributed by atoms with Crippen molar-refractivity contribution in [3.63, 3.8) is 0 Å². The summed E-state index contributed by atoms with van der Waals surface area (Å²) in [6, 6.07) is 4.95. The first kappa shape index (κ1) is 28.1. The van der Waals surface area contributed by atoms with E-state index in [2.05, 4.69) is 25.7 Å². The van der Waals surface area contributed by atoms with Crippen molar-refractivity contribution in [3.8, 4) is 11.5 Å². The molecule has 0 atom stereocenters. The maximum atomic E-state index is 12.8. The molecule has 0 unspecified atom stereocenters. The first-order valence-corrected chi connectivity index (χ1v) is 9.69. The molecule has 0 saturated carbocycles. The lowest BCUT2D eigenvalue weighted by atomic mass is 9.96. The van der Waals surface area contributed by atoms with E-state index in [0.29, 0.717) is 37.8 Å². The van der Waals surface area contributed by atoms with Crippen molar-refractivity contribution in [1.82, 2.24) is 16.0 Å². The number of carbonyl (C=O) groups is 1. The van der Waals surface area contributed by atoms with Crippen molar-refractivity contribution >= 4 is 35.8 Å². The number of nitrogens with one attached hydrogen (secondary N) is 3. The van der Waals surface area contributed by atoms with Crippen LogP contribution in [0.25, 0.3) is 0 Å². The zero-order chi connectivity index (χ0) is 21.9. The first-order chi connectivity index (χ1) is 13.7. The van der Waals surface area contributed by atoms with E-state index in [-0.39, 0.29) is 47.9 Å². The van der Waals surface area contributed by atoms with Gasteiger partial charge >= 0.3 is 6.61 Å². The highest BCUT2D eigenvalue weighted by Crippen LogP contribution is 2.33. The van der Waals surface area contributed by atoms with Crippen molar-refractivity contribution in [2.24, 2.45) is 10.4 Å². The topological polar surface area (TPSA) is 84.0 Å². The number of aliphatic imine (C=N–C) groups is 1. The van der Waals surface area contributed by atoms with Gasteiger partial charge < -0.3 is 25.4 Å². The van der Waals surface area contributed by atoms with E-state index < -0.39 is 12.0 Å². The summed E-state index contributed by atoms with van der Waals surface area (Å²) in [6.45, 7) is 8.22. The minimum Gasteiger partial charge on any atom is -0.490 e. The summed E-state index contributed by atoms with van der Waals surface area (Å²) >= 11 is 0. The Bertz CT molecular complexity index is 683.